The monoisotopic (exact) mass is 541 g/mol. The topological polar surface area (TPSA) is 126 Å². The van der Waals surface area contributed by atoms with E-state index >= 15 is 0 Å². The highest BCUT2D eigenvalue weighted by molar-refractivity contribution is 9.10. The number of carbonyl (C=O) groups is 2. The molecule has 10 nitrogen and oxygen atoms in total. The van der Waals surface area contributed by atoms with Crippen molar-refractivity contribution in [3.63, 3.8) is 0 Å². The molecule has 3 N–H and O–H groups in total. The number of aromatic nitrogens is 2. The molecule has 1 fully saturated rings. The van der Waals surface area contributed by atoms with Gasteiger partial charge in [0.05, 0.1) is 5.56 Å². The summed E-state index contributed by atoms with van der Waals surface area (Å²) in [7, 11) is 1.40. The zero-order valence-corrected chi connectivity index (χ0v) is 20.5. The molecule has 1 aliphatic heterocycles. The molecular weight excluding hydrogens is 518 g/mol. The van der Waals surface area contributed by atoms with E-state index in [9.17, 15) is 19.2 Å². The summed E-state index contributed by atoms with van der Waals surface area (Å²) in [6.45, 7) is 0.754. The number of halogens is 1. The van der Waals surface area contributed by atoms with Crippen LogP contribution in [0.15, 0.2) is 68.7 Å². The van der Waals surface area contributed by atoms with Gasteiger partial charge in [-0.2, -0.15) is 0 Å². The molecule has 0 spiro atoms. The molecule has 3 aromatic rings. The van der Waals surface area contributed by atoms with E-state index in [1.165, 1.54) is 13.1 Å². The first-order chi connectivity index (χ1) is 16.8. The van der Waals surface area contributed by atoms with Crippen molar-refractivity contribution in [3.8, 4) is 5.75 Å². The normalized spacial score (nSPS) is 15.0. The van der Waals surface area contributed by atoms with Crippen molar-refractivity contribution in [2.45, 2.75) is 12.5 Å². The van der Waals surface area contributed by atoms with Gasteiger partial charge in [0.15, 0.2) is 6.61 Å². The van der Waals surface area contributed by atoms with Gasteiger partial charge in [0.25, 0.3) is 17.4 Å². The number of H-pyrrole nitrogens is 1. The summed E-state index contributed by atoms with van der Waals surface area (Å²) in [6, 6.07) is 15.0. The van der Waals surface area contributed by atoms with E-state index in [1.54, 1.807) is 36.4 Å². The van der Waals surface area contributed by atoms with Crippen molar-refractivity contribution in [1.29, 1.82) is 0 Å². The second-order valence-corrected chi connectivity index (χ2v) is 9.02. The molecule has 1 unspecified atom stereocenters. The zero-order chi connectivity index (χ0) is 24.9. The number of benzene rings is 2. The number of carbonyl (C=O) groups excluding carboxylic acids is 2. The number of hydrogen-bond acceptors (Lipinski definition) is 6. The van der Waals surface area contributed by atoms with E-state index < -0.39 is 11.2 Å². The zero-order valence-electron chi connectivity index (χ0n) is 18.9. The quantitative estimate of drug-likeness (QED) is 0.419. The number of ether oxygens (including phenoxy) is 1. The van der Waals surface area contributed by atoms with Gasteiger partial charge < -0.3 is 20.3 Å². The van der Waals surface area contributed by atoms with Crippen molar-refractivity contribution in [3.05, 3.63) is 85.5 Å². The predicted octanol–water partition coefficient (Wildman–Crippen LogP) is 1.86. The maximum absolute atomic E-state index is 13.0. The van der Waals surface area contributed by atoms with Crippen molar-refractivity contribution in [2.24, 2.45) is 7.05 Å². The summed E-state index contributed by atoms with van der Waals surface area (Å²) in [4.78, 5) is 53.6. The van der Waals surface area contributed by atoms with Crippen LogP contribution in [0.4, 0.5) is 11.5 Å². The van der Waals surface area contributed by atoms with Crippen LogP contribution < -0.4 is 31.5 Å². The standard InChI is InChI=1S/C24H24BrN5O5/c1-29-22(32)12-20(28-24(29)34)30-11-10-17(13-30)27-23(33)18-4-2-3-5-19(18)35-14-21(31)26-16-8-6-15(25)7-9-16/h2-9,12,17H,10-11,13-14H2,1H3,(H,26,31)(H,27,33)(H,28,34). The van der Waals surface area contributed by atoms with Crippen LogP contribution in [-0.4, -0.2) is 47.1 Å². The van der Waals surface area contributed by atoms with Gasteiger partial charge in [0.2, 0.25) is 0 Å². The molecular formula is C24H24BrN5O5. The fraction of sp³-hybridized carbons (Fsp3) is 0.250. The Bertz CT molecular complexity index is 1320. The molecule has 35 heavy (non-hydrogen) atoms. The molecule has 2 heterocycles. The van der Waals surface area contributed by atoms with E-state index in [-0.39, 0.29) is 24.5 Å². The Morgan fingerprint density at radius 1 is 1.14 bits per heavy atom. The average molecular weight is 542 g/mol. The lowest BCUT2D eigenvalue weighted by molar-refractivity contribution is -0.118. The Balaban J connectivity index is 1.35. The molecule has 2 aromatic carbocycles. The highest BCUT2D eigenvalue weighted by Gasteiger charge is 2.26. The molecule has 0 saturated carbocycles. The highest BCUT2D eigenvalue weighted by atomic mass is 79.9. The number of hydrogen-bond donors (Lipinski definition) is 3. The minimum Gasteiger partial charge on any atom is -0.483 e. The number of nitrogens with zero attached hydrogens (tertiary/aromatic N) is 2. The average Bonchev–Trinajstić information content (AvgIpc) is 3.31. The molecule has 4 rings (SSSR count). The molecule has 1 aromatic heterocycles. The summed E-state index contributed by atoms with van der Waals surface area (Å²) < 4.78 is 7.54. The number of nitrogens with one attached hydrogen (secondary N) is 3. The Kier molecular flexibility index (Phi) is 7.35. The summed E-state index contributed by atoms with van der Waals surface area (Å²) in [5.41, 5.74) is 0.0577. The van der Waals surface area contributed by atoms with E-state index in [0.717, 1.165) is 9.04 Å². The summed E-state index contributed by atoms with van der Waals surface area (Å²) in [6.07, 6.45) is 0.640. The lowest BCUT2D eigenvalue weighted by Crippen LogP contribution is -2.39. The second-order valence-electron chi connectivity index (χ2n) is 8.10. The molecule has 0 aliphatic carbocycles. The van der Waals surface area contributed by atoms with Gasteiger partial charge in [-0.3, -0.25) is 23.9 Å². The summed E-state index contributed by atoms with van der Waals surface area (Å²) in [5, 5.41) is 5.71. The summed E-state index contributed by atoms with van der Waals surface area (Å²) >= 11 is 3.34. The van der Waals surface area contributed by atoms with Gasteiger partial charge in [0, 0.05) is 42.4 Å². The fourth-order valence-corrected chi connectivity index (χ4v) is 3.99. The number of amides is 2. The van der Waals surface area contributed by atoms with Gasteiger partial charge in [-0.05, 0) is 42.8 Å². The molecule has 1 saturated heterocycles. The number of rotatable bonds is 7. The summed E-state index contributed by atoms with van der Waals surface area (Å²) in [5.74, 6) is 0.0345. The van der Waals surface area contributed by atoms with E-state index in [2.05, 4.69) is 31.5 Å². The predicted molar refractivity (Wildman–Crippen MR) is 135 cm³/mol. The van der Waals surface area contributed by atoms with Crippen LogP contribution in [0.3, 0.4) is 0 Å². The maximum Gasteiger partial charge on any atom is 0.329 e. The fourth-order valence-electron chi connectivity index (χ4n) is 3.73. The second kappa shape index (κ2) is 10.6. The number of para-hydroxylation sites is 1. The molecule has 1 aliphatic rings. The first-order valence-corrected chi connectivity index (χ1v) is 11.7. The van der Waals surface area contributed by atoms with Gasteiger partial charge in [-0.25, -0.2) is 4.79 Å². The number of anilines is 2. The largest absolute Gasteiger partial charge is 0.483 e. The Labute approximate surface area is 209 Å². The van der Waals surface area contributed by atoms with Crippen molar-refractivity contribution in [2.75, 3.05) is 29.9 Å². The van der Waals surface area contributed by atoms with Crippen LogP contribution in [0.5, 0.6) is 5.75 Å². The SMILES string of the molecule is Cn1c(=O)cc(N2CCC(NC(=O)c3ccccc3OCC(=O)Nc3ccc(Br)cc3)C2)[nH]c1=O. The molecule has 0 radical (unpaired) electrons. The first kappa shape index (κ1) is 24.3. The molecule has 11 heteroatoms. The Hall–Kier alpha value is -3.86. The smallest absolute Gasteiger partial charge is 0.329 e. The molecule has 0 bridgehead atoms. The van der Waals surface area contributed by atoms with E-state index in [0.29, 0.717) is 42.3 Å². The van der Waals surface area contributed by atoms with Crippen LogP contribution in [0.1, 0.15) is 16.8 Å². The number of aromatic amines is 1. The van der Waals surface area contributed by atoms with Gasteiger partial charge in [-0.1, -0.05) is 28.1 Å². The lowest BCUT2D eigenvalue weighted by Gasteiger charge is -2.19. The highest BCUT2D eigenvalue weighted by Crippen LogP contribution is 2.21. The van der Waals surface area contributed by atoms with Gasteiger partial charge in [-0.15, -0.1) is 0 Å². The van der Waals surface area contributed by atoms with E-state index in [4.69, 9.17) is 4.74 Å². The van der Waals surface area contributed by atoms with Gasteiger partial charge >= 0.3 is 5.69 Å². The lowest BCUT2D eigenvalue weighted by atomic mass is 10.1. The van der Waals surface area contributed by atoms with Crippen LogP contribution in [0, 0.1) is 0 Å². The van der Waals surface area contributed by atoms with Crippen molar-refractivity contribution < 1.29 is 14.3 Å². The van der Waals surface area contributed by atoms with Crippen LogP contribution in [0.25, 0.3) is 0 Å². The van der Waals surface area contributed by atoms with Crippen molar-refractivity contribution >= 4 is 39.2 Å². The third kappa shape index (κ3) is 5.99. The minimum absolute atomic E-state index is 0.191. The Morgan fingerprint density at radius 2 is 1.89 bits per heavy atom. The van der Waals surface area contributed by atoms with Crippen LogP contribution >= 0.6 is 15.9 Å². The molecule has 1 atom stereocenters. The maximum atomic E-state index is 13.0. The Morgan fingerprint density at radius 3 is 2.63 bits per heavy atom. The van der Waals surface area contributed by atoms with Gasteiger partial charge in [0.1, 0.15) is 11.6 Å². The van der Waals surface area contributed by atoms with Crippen LogP contribution in [-0.2, 0) is 11.8 Å². The minimum atomic E-state index is -0.491. The first-order valence-electron chi connectivity index (χ1n) is 10.9. The third-order valence-corrected chi connectivity index (χ3v) is 6.14. The van der Waals surface area contributed by atoms with E-state index in [1.807, 2.05) is 17.0 Å². The molecule has 182 valence electrons. The van der Waals surface area contributed by atoms with Crippen molar-refractivity contribution in [1.82, 2.24) is 14.9 Å². The molecule has 2 amide bonds. The van der Waals surface area contributed by atoms with Crippen LogP contribution in [0.2, 0.25) is 0 Å². The third-order valence-electron chi connectivity index (χ3n) is 5.61.